The molecule has 0 amide bonds. The zero-order chi connectivity index (χ0) is 21.9. The standard InChI is InChI=1S/C21H20O9/c1-7-3-10-14(12(22)4-7)18(26)15-11(17(10)25)5-9(6-13(15)23)30-21-20(28)19(27)16(24)8(2)29-21/h3-6,8,16,19-24,27-28H,1-2H3/t8-,16+,19+,20-,21+/m0/s1. The molecule has 0 aromatic heterocycles. The summed E-state index contributed by atoms with van der Waals surface area (Å²) >= 11 is 0. The van der Waals surface area contributed by atoms with Gasteiger partial charge in [-0.25, -0.2) is 0 Å². The van der Waals surface area contributed by atoms with E-state index >= 15 is 0 Å². The molecule has 2 aromatic rings. The van der Waals surface area contributed by atoms with Crippen molar-refractivity contribution in [1.82, 2.24) is 0 Å². The zero-order valence-electron chi connectivity index (χ0n) is 16.1. The van der Waals surface area contributed by atoms with Crippen molar-refractivity contribution in [2.75, 3.05) is 0 Å². The van der Waals surface area contributed by atoms with Gasteiger partial charge in [-0.3, -0.25) is 9.59 Å². The molecule has 1 aliphatic heterocycles. The number of rotatable bonds is 2. The lowest BCUT2D eigenvalue weighted by Crippen LogP contribution is -2.58. The lowest BCUT2D eigenvalue weighted by Gasteiger charge is -2.39. The lowest BCUT2D eigenvalue weighted by atomic mass is 9.82. The van der Waals surface area contributed by atoms with Crippen molar-refractivity contribution in [2.24, 2.45) is 0 Å². The molecule has 0 spiro atoms. The van der Waals surface area contributed by atoms with Gasteiger partial charge in [-0.1, -0.05) is 0 Å². The van der Waals surface area contributed by atoms with Gasteiger partial charge in [-0.15, -0.1) is 0 Å². The molecule has 0 bridgehead atoms. The molecule has 1 saturated heterocycles. The van der Waals surface area contributed by atoms with E-state index in [4.69, 9.17) is 9.47 Å². The van der Waals surface area contributed by atoms with Gasteiger partial charge < -0.3 is 35.0 Å². The van der Waals surface area contributed by atoms with Crippen LogP contribution in [0.4, 0.5) is 0 Å². The highest BCUT2D eigenvalue weighted by Crippen LogP contribution is 2.40. The van der Waals surface area contributed by atoms with Crippen molar-refractivity contribution in [2.45, 2.75) is 44.6 Å². The number of aryl methyl sites for hydroxylation is 1. The van der Waals surface area contributed by atoms with Crippen LogP contribution in [0.5, 0.6) is 17.2 Å². The van der Waals surface area contributed by atoms with Crippen LogP contribution in [0.1, 0.15) is 44.3 Å². The van der Waals surface area contributed by atoms with Crippen LogP contribution in [0.25, 0.3) is 0 Å². The summed E-state index contributed by atoms with van der Waals surface area (Å²) in [4.78, 5) is 25.8. The monoisotopic (exact) mass is 416 g/mol. The Morgan fingerprint density at radius 2 is 1.43 bits per heavy atom. The fourth-order valence-corrected chi connectivity index (χ4v) is 3.79. The van der Waals surface area contributed by atoms with Crippen LogP contribution in [0, 0.1) is 6.92 Å². The second kappa shape index (κ2) is 7.06. The van der Waals surface area contributed by atoms with Crippen LogP contribution in [-0.4, -0.2) is 67.8 Å². The first-order valence-corrected chi connectivity index (χ1v) is 9.26. The summed E-state index contributed by atoms with van der Waals surface area (Å²) in [6.07, 6.45) is -6.66. The third kappa shape index (κ3) is 3.03. The molecule has 0 unspecified atom stereocenters. The Morgan fingerprint density at radius 3 is 2.10 bits per heavy atom. The maximum Gasteiger partial charge on any atom is 0.229 e. The Hall–Kier alpha value is -2.98. The van der Waals surface area contributed by atoms with Crippen LogP contribution < -0.4 is 4.74 Å². The first-order valence-electron chi connectivity index (χ1n) is 9.26. The van der Waals surface area contributed by atoms with Crippen LogP contribution >= 0.6 is 0 Å². The highest BCUT2D eigenvalue weighted by molar-refractivity contribution is 6.30. The molecule has 1 heterocycles. The smallest absolute Gasteiger partial charge is 0.229 e. The van der Waals surface area contributed by atoms with E-state index in [1.165, 1.54) is 25.1 Å². The highest BCUT2D eigenvalue weighted by atomic mass is 16.7. The number of hydrogen-bond donors (Lipinski definition) is 5. The summed E-state index contributed by atoms with van der Waals surface area (Å²) in [6, 6.07) is 5.11. The van der Waals surface area contributed by atoms with E-state index in [2.05, 4.69) is 0 Å². The van der Waals surface area contributed by atoms with E-state index in [9.17, 15) is 35.1 Å². The minimum Gasteiger partial charge on any atom is -0.507 e. The molecule has 9 nitrogen and oxygen atoms in total. The maximum absolute atomic E-state index is 13.0. The van der Waals surface area contributed by atoms with Crippen LogP contribution in [0.15, 0.2) is 24.3 Å². The van der Waals surface area contributed by atoms with Crippen LogP contribution in [-0.2, 0) is 4.74 Å². The van der Waals surface area contributed by atoms with Crippen LogP contribution in [0.2, 0.25) is 0 Å². The first kappa shape index (κ1) is 20.3. The number of phenols is 2. The molecule has 2 aromatic carbocycles. The quantitative estimate of drug-likeness (QED) is 0.399. The van der Waals surface area contributed by atoms with Crippen molar-refractivity contribution < 1.29 is 44.6 Å². The van der Waals surface area contributed by atoms with Crippen molar-refractivity contribution >= 4 is 11.6 Å². The number of aliphatic hydroxyl groups excluding tert-OH is 3. The molecule has 4 rings (SSSR count). The van der Waals surface area contributed by atoms with E-state index in [1.807, 2.05) is 0 Å². The molecule has 5 N–H and O–H groups in total. The number of fused-ring (bicyclic) bond motifs is 2. The van der Waals surface area contributed by atoms with E-state index in [0.29, 0.717) is 5.56 Å². The number of benzene rings is 2. The number of aromatic hydroxyl groups is 2. The number of ether oxygens (including phenoxy) is 2. The second-order valence-electron chi connectivity index (χ2n) is 7.53. The third-order valence-electron chi connectivity index (χ3n) is 5.36. The van der Waals surface area contributed by atoms with Gasteiger partial charge in [0.1, 0.15) is 35.6 Å². The largest absolute Gasteiger partial charge is 0.507 e. The lowest BCUT2D eigenvalue weighted by molar-refractivity contribution is -0.268. The summed E-state index contributed by atoms with van der Waals surface area (Å²) in [5.41, 5.74) is -0.00573. The van der Waals surface area contributed by atoms with E-state index in [1.54, 1.807) is 6.92 Å². The molecular weight excluding hydrogens is 396 g/mol. The predicted molar refractivity (Wildman–Crippen MR) is 101 cm³/mol. The van der Waals surface area contributed by atoms with Gasteiger partial charge in [0.2, 0.25) is 12.1 Å². The third-order valence-corrected chi connectivity index (χ3v) is 5.36. The maximum atomic E-state index is 13.0. The van der Waals surface area contributed by atoms with Crippen molar-refractivity contribution in [3.05, 3.63) is 52.1 Å². The average molecular weight is 416 g/mol. The molecule has 0 radical (unpaired) electrons. The zero-order valence-corrected chi connectivity index (χ0v) is 16.1. The first-order chi connectivity index (χ1) is 14.1. The average Bonchev–Trinajstić information content (AvgIpc) is 2.67. The minimum absolute atomic E-state index is 0.00247. The molecule has 158 valence electrons. The summed E-state index contributed by atoms with van der Waals surface area (Å²) in [5, 5.41) is 50.4. The van der Waals surface area contributed by atoms with Crippen molar-refractivity contribution in [1.29, 1.82) is 0 Å². The highest BCUT2D eigenvalue weighted by Gasteiger charge is 2.43. The fraction of sp³-hybridized carbons (Fsp3) is 0.333. The van der Waals surface area contributed by atoms with E-state index in [-0.39, 0.29) is 33.8 Å². The van der Waals surface area contributed by atoms with Crippen molar-refractivity contribution in [3.63, 3.8) is 0 Å². The second-order valence-corrected chi connectivity index (χ2v) is 7.53. The molecule has 2 aliphatic rings. The topological polar surface area (TPSA) is 154 Å². The van der Waals surface area contributed by atoms with Gasteiger partial charge in [0, 0.05) is 17.2 Å². The molecular formula is C21H20O9. The van der Waals surface area contributed by atoms with Gasteiger partial charge in [-0.2, -0.15) is 0 Å². The minimum atomic E-state index is -1.59. The Bertz CT molecular complexity index is 1060. The van der Waals surface area contributed by atoms with Gasteiger partial charge in [0.15, 0.2) is 5.78 Å². The number of hydrogen-bond acceptors (Lipinski definition) is 9. The SMILES string of the molecule is Cc1cc(O)c2c(c1)C(=O)c1cc(O[C@H]3O[C@@H](C)[C@@H](O)[C@@H](O)[C@@H]3O)cc(O)c1C2=O. The molecule has 1 aliphatic carbocycles. The Kier molecular flexibility index (Phi) is 4.78. The molecule has 0 saturated carbocycles. The van der Waals surface area contributed by atoms with Gasteiger partial charge in [0.25, 0.3) is 0 Å². The van der Waals surface area contributed by atoms with E-state index in [0.717, 1.165) is 6.07 Å². The fourth-order valence-electron chi connectivity index (χ4n) is 3.79. The number of phenolic OH excluding ortho intramolecular Hbond substituents is 2. The molecule has 9 heteroatoms. The summed E-state index contributed by atoms with van der Waals surface area (Å²) in [7, 11) is 0. The Labute approximate surface area is 170 Å². The molecule has 30 heavy (non-hydrogen) atoms. The molecule has 1 fully saturated rings. The van der Waals surface area contributed by atoms with Crippen molar-refractivity contribution in [3.8, 4) is 17.2 Å². The molecule has 5 atom stereocenters. The summed E-state index contributed by atoms with van der Waals surface area (Å²) in [5.74, 6) is -2.29. The Morgan fingerprint density at radius 1 is 0.833 bits per heavy atom. The summed E-state index contributed by atoms with van der Waals surface area (Å²) in [6.45, 7) is 3.14. The van der Waals surface area contributed by atoms with Gasteiger partial charge >= 0.3 is 0 Å². The summed E-state index contributed by atoms with van der Waals surface area (Å²) < 4.78 is 10.9. The normalized spacial score (nSPS) is 28.1. The van der Waals surface area contributed by atoms with Crippen LogP contribution in [0.3, 0.4) is 0 Å². The van der Waals surface area contributed by atoms with Gasteiger partial charge in [0.05, 0.1) is 17.2 Å². The number of ketones is 2. The predicted octanol–water partition coefficient (Wildman–Crippen LogP) is 0.388. The Balaban J connectivity index is 1.73. The van der Waals surface area contributed by atoms with Gasteiger partial charge in [-0.05, 0) is 37.6 Å². The number of carbonyl (C=O) groups is 2. The van der Waals surface area contributed by atoms with E-state index < -0.39 is 48.0 Å². The number of carbonyl (C=O) groups excluding carboxylic acids is 2. The number of aliphatic hydroxyl groups is 3.